The predicted molar refractivity (Wildman–Crippen MR) is 95.4 cm³/mol. The molecule has 130 valence electrons. The summed E-state index contributed by atoms with van der Waals surface area (Å²) in [6.07, 6.45) is 2.04. The van der Waals surface area contributed by atoms with Crippen LogP contribution in [-0.2, 0) is 20.1 Å². The van der Waals surface area contributed by atoms with Crippen LogP contribution in [0.5, 0.6) is 0 Å². The number of hydrogen-bond acceptors (Lipinski definition) is 2. The van der Waals surface area contributed by atoms with Crippen LogP contribution in [0.3, 0.4) is 0 Å². The number of nitrogens with one attached hydrogen (secondary N) is 1. The molecule has 0 aliphatic rings. The Balaban J connectivity index is 2.04. The maximum atomic E-state index is 13.7. The standard InChI is InChI=1S/C18H26FN5/c1-13(2)17-15(12-24(5)22-17)11-23(4)18(20-3)21-10-14-8-6-7-9-16(14)19/h6-9,12-13H,10-11H2,1-5H3,(H,20,21). The first-order valence-electron chi connectivity index (χ1n) is 8.10. The third-order valence-electron chi connectivity index (χ3n) is 3.86. The SMILES string of the molecule is CN=C(NCc1ccccc1F)N(C)Cc1cn(C)nc1C(C)C. The fraction of sp³-hybridized carbons (Fsp3) is 0.444. The summed E-state index contributed by atoms with van der Waals surface area (Å²) in [7, 11) is 5.63. The molecule has 1 N–H and O–H groups in total. The number of halogens is 1. The van der Waals surface area contributed by atoms with E-state index in [1.54, 1.807) is 19.2 Å². The second kappa shape index (κ2) is 7.95. The highest BCUT2D eigenvalue weighted by atomic mass is 19.1. The molecule has 0 bridgehead atoms. The molecule has 0 aliphatic carbocycles. The van der Waals surface area contributed by atoms with Crippen LogP contribution in [0.15, 0.2) is 35.5 Å². The van der Waals surface area contributed by atoms with Crippen LogP contribution in [0.1, 0.15) is 36.6 Å². The first-order chi connectivity index (χ1) is 11.4. The Hall–Kier alpha value is -2.37. The Labute approximate surface area is 143 Å². The summed E-state index contributed by atoms with van der Waals surface area (Å²) in [5, 5.41) is 7.74. The van der Waals surface area contributed by atoms with Crippen LogP contribution in [0, 0.1) is 5.82 Å². The van der Waals surface area contributed by atoms with Crippen molar-refractivity contribution in [2.75, 3.05) is 14.1 Å². The van der Waals surface area contributed by atoms with Gasteiger partial charge in [-0.15, -0.1) is 0 Å². The lowest BCUT2D eigenvalue weighted by Gasteiger charge is -2.22. The smallest absolute Gasteiger partial charge is 0.193 e. The first kappa shape index (κ1) is 18.0. The van der Waals surface area contributed by atoms with E-state index >= 15 is 0 Å². The average molecular weight is 331 g/mol. The van der Waals surface area contributed by atoms with Gasteiger partial charge in [0.15, 0.2) is 5.96 Å². The summed E-state index contributed by atoms with van der Waals surface area (Å²) in [6.45, 7) is 5.36. The Morgan fingerprint density at radius 1 is 1.33 bits per heavy atom. The van der Waals surface area contributed by atoms with E-state index < -0.39 is 0 Å². The molecule has 0 saturated heterocycles. The fourth-order valence-electron chi connectivity index (χ4n) is 2.69. The quantitative estimate of drug-likeness (QED) is 0.677. The van der Waals surface area contributed by atoms with Gasteiger partial charge in [-0.3, -0.25) is 9.67 Å². The molecular weight excluding hydrogens is 305 g/mol. The third-order valence-corrected chi connectivity index (χ3v) is 3.86. The summed E-state index contributed by atoms with van der Waals surface area (Å²) in [6, 6.07) is 6.76. The van der Waals surface area contributed by atoms with E-state index in [9.17, 15) is 4.39 Å². The van der Waals surface area contributed by atoms with Gasteiger partial charge >= 0.3 is 0 Å². The van der Waals surface area contributed by atoms with Crippen molar-refractivity contribution >= 4 is 5.96 Å². The zero-order chi connectivity index (χ0) is 17.7. The maximum absolute atomic E-state index is 13.7. The van der Waals surface area contributed by atoms with Crippen LogP contribution < -0.4 is 5.32 Å². The number of rotatable bonds is 5. The second-order valence-electron chi connectivity index (χ2n) is 6.22. The minimum atomic E-state index is -0.211. The molecule has 0 amide bonds. The number of benzene rings is 1. The molecule has 0 unspecified atom stereocenters. The van der Waals surface area contributed by atoms with E-state index in [-0.39, 0.29) is 5.82 Å². The second-order valence-corrected chi connectivity index (χ2v) is 6.22. The van der Waals surface area contributed by atoms with Gasteiger partial charge in [-0.2, -0.15) is 5.10 Å². The van der Waals surface area contributed by atoms with Crippen molar-refractivity contribution in [1.82, 2.24) is 20.0 Å². The van der Waals surface area contributed by atoms with Crippen molar-refractivity contribution in [2.45, 2.75) is 32.9 Å². The Kier molecular flexibility index (Phi) is 5.95. The fourth-order valence-corrected chi connectivity index (χ4v) is 2.69. The van der Waals surface area contributed by atoms with Gasteiger partial charge in [-0.25, -0.2) is 4.39 Å². The lowest BCUT2D eigenvalue weighted by molar-refractivity contribution is 0.472. The van der Waals surface area contributed by atoms with Crippen LogP contribution in [-0.4, -0.2) is 34.7 Å². The van der Waals surface area contributed by atoms with Gasteiger partial charge in [-0.05, 0) is 12.0 Å². The Morgan fingerprint density at radius 2 is 2.04 bits per heavy atom. The minimum Gasteiger partial charge on any atom is -0.352 e. The molecule has 0 saturated carbocycles. The summed E-state index contributed by atoms with van der Waals surface area (Å²) < 4.78 is 15.6. The van der Waals surface area contributed by atoms with Gasteiger partial charge in [0.05, 0.1) is 5.69 Å². The zero-order valence-corrected chi connectivity index (χ0v) is 15.0. The van der Waals surface area contributed by atoms with E-state index in [0.717, 1.165) is 11.7 Å². The minimum absolute atomic E-state index is 0.211. The van der Waals surface area contributed by atoms with Crippen LogP contribution in [0.25, 0.3) is 0 Å². The van der Waals surface area contributed by atoms with E-state index in [1.165, 1.54) is 11.6 Å². The topological polar surface area (TPSA) is 45.5 Å². The van der Waals surface area contributed by atoms with Crippen LogP contribution >= 0.6 is 0 Å². The summed E-state index contributed by atoms with van der Waals surface area (Å²) in [4.78, 5) is 6.31. The molecule has 6 heteroatoms. The van der Waals surface area contributed by atoms with Crippen molar-refractivity contribution in [2.24, 2.45) is 12.0 Å². The maximum Gasteiger partial charge on any atom is 0.193 e. The molecule has 2 aromatic rings. The number of nitrogens with zero attached hydrogens (tertiary/aromatic N) is 4. The summed E-state index contributed by atoms with van der Waals surface area (Å²) in [5.74, 6) is 0.872. The monoisotopic (exact) mass is 331 g/mol. The number of aryl methyl sites for hydroxylation is 1. The first-order valence-corrected chi connectivity index (χ1v) is 8.10. The number of aliphatic imine (C=N–C) groups is 1. The largest absolute Gasteiger partial charge is 0.352 e. The molecule has 2 rings (SSSR count). The van der Waals surface area contributed by atoms with Gasteiger partial charge in [0.1, 0.15) is 5.82 Å². The lowest BCUT2D eigenvalue weighted by atomic mass is 10.1. The Morgan fingerprint density at radius 3 is 2.67 bits per heavy atom. The lowest BCUT2D eigenvalue weighted by Crippen LogP contribution is -2.38. The number of guanidine groups is 1. The van der Waals surface area contributed by atoms with Gasteiger partial charge in [0, 0.05) is 51.6 Å². The van der Waals surface area contributed by atoms with Gasteiger partial charge in [0.25, 0.3) is 0 Å². The summed E-state index contributed by atoms with van der Waals surface area (Å²) in [5.41, 5.74) is 2.88. The van der Waals surface area contributed by atoms with Crippen molar-refractivity contribution < 1.29 is 4.39 Å². The van der Waals surface area contributed by atoms with Crippen LogP contribution in [0.4, 0.5) is 4.39 Å². The van der Waals surface area contributed by atoms with E-state index in [1.807, 2.05) is 35.9 Å². The van der Waals surface area contributed by atoms with Crippen molar-refractivity contribution in [1.29, 1.82) is 0 Å². The molecule has 1 aromatic carbocycles. The highest BCUT2D eigenvalue weighted by Crippen LogP contribution is 2.18. The van der Waals surface area contributed by atoms with Crippen molar-refractivity contribution in [3.05, 3.63) is 53.1 Å². The molecule has 24 heavy (non-hydrogen) atoms. The molecule has 0 aliphatic heterocycles. The van der Waals surface area contributed by atoms with Crippen LogP contribution in [0.2, 0.25) is 0 Å². The third kappa shape index (κ3) is 4.34. The van der Waals surface area contributed by atoms with E-state index in [0.29, 0.717) is 24.6 Å². The van der Waals surface area contributed by atoms with E-state index in [2.05, 4.69) is 29.3 Å². The molecule has 0 spiro atoms. The molecule has 0 radical (unpaired) electrons. The van der Waals surface area contributed by atoms with Crippen molar-refractivity contribution in [3.8, 4) is 0 Å². The molecule has 1 aromatic heterocycles. The van der Waals surface area contributed by atoms with Gasteiger partial charge in [-0.1, -0.05) is 32.0 Å². The van der Waals surface area contributed by atoms with Gasteiger partial charge in [0.2, 0.25) is 0 Å². The molecule has 0 fully saturated rings. The molecule has 1 heterocycles. The molecule has 0 atom stereocenters. The number of hydrogen-bond donors (Lipinski definition) is 1. The van der Waals surface area contributed by atoms with Crippen molar-refractivity contribution in [3.63, 3.8) is 0 Å². The van der Waals surface area contributed by atoms with E-state index in [4.69, 9.17) is 0 Å². The highest BCUT2D eigenvalue weighted by Gasteiger charge is 2.15. The average Bonchev–Trinajstić information content (AvgIpc) is 2.90. The highest BCUT2D eigenvalue weighted by molar-refractivity contribution is 5.79. The normalized spacial score (nSPS) is 11.9. The predicted octanol–water partition coefficient (Wildman–Crippen LogP) is 2.89. The van der Waals surface area contributed by atoms with Gasteiger partial charge < -0.3 is 10.2 Å². The Bertz CT molecular complexity index is 705. The summed E-state index contributed by atoms with van der Waals surface area (Å²) >= 11 is 0. The molecule has 5 nitrogen and oxygen atoms in total. The number of aromatic nitrogens is 2. The molecular formula is C18H26FN5. The zero-order valence-electron chi connectivity index (χ0n) is 15.0.